The number of methoxy groups -OCH3 is 2. The Bertz CT molecular complexity index is 396. The number of phenols is 1. The molecule has 0 atom stereocenters. The van der Waals surface area contributed by atoms with E-state index in [0.29, 0.717) is 28.9 Å². The van der Waals surface area contributed by atoms with Crippen molar-refractivity contribution < 1.29 is 19.4 Å². The van der Waals surface area contributed by atoms with Gasteiger partial charge >= 0.3 is 0 Å². The molecule has 0 spiro atoms. The summed E-state index contributed by atoms with van der Waals surface area (Å²) in [6.07, 6.45) is 0.611. The maximum absolute atomic E-state index is 10.8. The average molecular weight is 210 g/mol. The minimum absolute atomic E-state index is 0.0554. The first-order chi connectivity index (χ1) is 7.08. The smallest absolute Gasteiger partial charge is 0.167 e. The SMILES string of the molecule is COc1c(C)c(O)c(C=O)c(C)c1OC. The van der Waals surface area contributed by atoms with Crippen LogP contribution in [0.1, 0.15) is 21.5 Å². The number of hydrogen-bond acceptors (Lipinski definition) is 4. The van der Waals surface area contributed by atoms with Gasteiger partial charge in [-0.2, -0.15) is 0 Å². The molecule has 4 nitrogen and oxygen atoms in total. The van der Waals surface area contributed by atoms with Crippen molar-refractivity contribution in [1.82, 2.24) is 0 Å². The Hall–Kier alpha value is -1.71. The quantitative estimate of drug-likeness (QED) is 0.773. The average Bonchev–Trinajstić information content (AvgIpc) is 2.23. The van der Waals surface area contributed by atoms with E-state index in [9.17, 15) is 9.90 Å². The van der Waals surface area contributed by atoms with E-state index >= 15 is 0 Å². The van der Waals surface area contributed by atoms with Crippen molar-refractivity contribution >= 4 is 6.29 Å². The zero-order chi connectivity index (χ0) is 11.6. The second kappa shape index (κ2) is 4.21. The summed E-state index contributed by atoms with van der Waals surface area (Å²) in [6, 6.07) is 0. The normalized spacial score (nSPS) is 9.87. The molecule has 0 aromatic heterocycles. The zero-order valence-electron chi connectivity index (χ0n) is 9.25. The van der Waals surface area contributed by atoms with Crippen molar-refractivity contribution in [2.45, 2.75) is 13.8 Å². The molecule has 0 saturated carbocycles. The van der Waals surface area contributed by atoms with Gasteiger partial charge in [-0.15, -0.1) is 0 Å². The van der Waals surface area contributed by atoms with Crippen LogP contribution in [0.4, 0.5) is 0 Å². The maximum Gasteiger partial charge on any atom is 0.167 e. The molecule has 1 aromatic rings. The molecule has 0 aliphatic heterocycles. The fourth-order valence-corrected chi connectivity index (χ4v) is 1.59. The molecule has 0 bridgehead atoms. The molecular formula is C11H14O4. The van der Waals surface area contributed by atoms with E-state index in [1.807, 2.05) is 0 Å². The topological polar surface area (TPSA) is 55.8 Å². The van der Waals surface area contributed by atoms with Crippen LogP contribution >= 0.6 is 0 Å². The van der Waals surface area contributed by atoms with E-state index in [0.717, 1.165) is 0 Å². The number of carbonyl (C=O) groups is 1. The third kappa shape index (κ3) is 1.63. The molecule has 1 rings (SSSR count). The minimum atomic E-state index is -0.0554. The van der Waals surface area contributed by atoms with Crippen molar-refractivity contribution in [3.8, 4) is 17.2 Å². The molecule has 0 heterocycles. The van der Waals surface area contributed by atoms with E-state index in [-0.39, 0.29) is 11.3 Å². The minimum Gasteiger partial charge on any atom is -0.507 e. The lowest BCUT2D eigenvalue weighted by Gasteiger charge is -2.16. The Morgan fingerprint density at radius 3 is 1.93 bits per heavy atom. The van der Waals surface area contributed by atoms with Crippen molar-refractivity contribution in [2.24, 2.45) is 0 Å². The van der Waals surface area contributed by atoms with Crippen LogP contribution in [-0.4, -0.2) is 25.6 Å². The number of carbonyl (C=O) groups excluding carboxylic acids is 1. The first-order valence-corrected chi connectivity index (χ1v) is 4.47. The molecule has 0 aliphatic carbocycles. The molecule has 0 radical (unpaired) electrons. The number of rotatable bonds is 3. The van der Waals surface area contributed by atoms with Gasteiger partial charge in [-0.05, 0) is 13.8 Å². The van der Waals surface area contributed by atoms with Crippen molar-refractivity contribution in [3.63, 3.8) is 0 Å². The van der Waals surface area contributed by atoms with Gasteiger partial charge in [0.2, 0.25) is 0 Å². The highest BCUT2D eigenvalue weighted by Gasteiger charge is 2.19. The van der Waals surface area contributed by atoms with E-state index in [1.54, 1.807) is 13.8 Å². The summed E-state index contributed by atoms with van der Waals surface area (Å²) in [6.45, 7) is 3.37. The molecule has 82 valence electrons. The van der Waals surface area contributed by atoms with Crippen LogP contribution in [0, 0.1) is 13.8 Å². The highest BCUT2D eigenvalue weighted by molar-refractivity contribution is 5.85. The fourth-order valence-electron chi connectivity index (χ4n) is 1.59. The highest BCUT2D eigenvalue weighted by atomic mass is 16.5. The molecule has 1 aromatic carbocycles. The Balaban J connectivity index is 3.64. The van der Waals surface area contributed by atoms with Gasteiger partial charge < -0.3 is 14.6 Å². The standard InChI is InChI=1S/C11H14O4/c1-6-8(5-12)9(13)7(2)11(15-4)10(6)14-3/h5,13H,1-4H3. The summed E-state index contributed by atoms with van der Waals surface area (Å²) >= 11 is 0. The molecule has 4 heteroatoms. The van der Waals surface area contributed by atoms with Crippen LogP contribution in [0.2, 0.25) is 0 Å². The molecule has 0 aliphatic rings. The molecule has 0 amide bonds. The molecule has 0 unspecified atom stereocenters. The Morgan fingerprint density at radius 2 is 1.53 bits per heavy atom. The summed E-state index contributed by atoms with van der Waals surface area (Å²) in [4.78, 5) is 10.8. The van der Waals surface area contributed by atoms with Crippen LogP contribution < -0.4 is 9.47 Å². The second-order valence-corrected chi connectivity index (χ2v) is 3.20. The fraction of sp³-hybridized carbons (Fsp3) is 0.364. The largest absolute Gasteiger partial charge is 0.507 e. The van der Waals surface area contributed by atoms with Crippen LogP contribution in [0.3, 0.4) is 0 Å². The van der Waals surface area contributed by atoms with Gasteiger partial charge in [-0.1, -0.05) is 0 Å². The second-order valence-electron chi connectivity index (χ2n) is 3.20. The molecule has 0 saturated heterocycles. The lowest BCUT2D eigenvalue weighted by Crippen LogP contribution is -2.00. The maximum atomic E-state index is 10.8. The van der Waals surface area contributed by atoms with Gasteiger partial charge in [-0.3, -0.25) is 4.79 Å². The van der Waals surface area contributed by atoms with E-state index in [4.69, 9.17) is 9.47 Å². The summed E-state index contributed by atoms with van der Waals surface area (Å²) in [5, 5.41) is 9.74. The van der Waals surface area contributed by atoms with Crippen LogP contribution in [0.5, 0.6) is 17.2 Å². The monoisotopic (exact) mass is 210 g/mol. The van der Waals surface area contributed by atoms with Gasteiger partial charge in [-0.25, -0.2) is 0 Å². The Kier molecular flexibility index (Phi) is 3.19. The first kappa shape index (κ1) is 11.4. The van der Waals surface area contributed by atoms with Crippen molar-refractivity contribution in [1.29, 1.82) is 0 Å². The molecule has 15 heavy (non-hydrogen) atoms. The van der Waals surface area contributed by atoms with Gasteiger partial charge in [0.15, 0.2) is 17.8 Å². The van der Waals surface area contributed by atoms with Crippen molar-refractivity contribution in [2.75, 3.05) is 14.2 Å². The number of aromatic hydroxyl groups is 1. The summed E-state index contributed by atoms with van der Waals surface area (Å²) in [5.41, 5.74) is 1.32. The lowest BCUT2D eigenvalue weighted by molar-refractivity contribution is 0.111. The number of hydrogen-bond donors (Lipinski definition) is 1. The summed E-state index contributed by atoms with van der Waals surface area (Å²) in [5.74, 6) is 0.883. The third-order valence-corrected chi connectivity index (χ3v) is 2.43. The number of phenolic OH excluding ortho intramolecular Hbond substituents is 1. The van der Waals surface area contributed by atoms with Gasteiger partial charge in [0.25, 0.3) is 0 Å². The zero-order valence-corrected chi connectivity index (χ0v) is 9.25. The predicted octanol–water partition coefficient (Wildman–Crippen LogP) is 1.84. The Morgan fingerprint density at radius 1 is 1.07 bits per heavy atom. The van der Waals surface area contributed by atoms with Gasteiger partial charge in [0.05, 0.1) is 19.8 Å². The van der Waals surface area contributed by atoms with E-state index < -0.39 is 0 Å². The lowest BCUT2D eigenvalue weighted by atomic mass is 10.0. The third-order valence-electron chi connectivity index (χ3n) is 2.43. The highest BCUT2D eigenvalue weighted by Crippen LogP contribution is 2.41. The van der Waals surface area contributed by atoms with E-state index in [1.165, 1.54) is 14.2 Å². The molecule has 1 N–H and O–H groups in total. The number of aldehydes is 1. The van der Waals surface area contributed by atoms with E-state index in [2.05, 4.69) is 0 Å². The molecule has 0 fully saturated rings. The van der Waals surface area contributed by atoms with Crippen LogP contribution in [0.15, 0.2) is 0 Å². The number of ether oxygens (including phenoxy) is 2. The first-order valence-electron chi connectivity index (χ1n) is 4.47. The van der Waals surface area contributed by atoms with Crippen LogP contribution in [0.25, 0.3) is 0 Å². The van der Waals surface area contributed by atoms with Gasteiger partial charge in [0.1, 0.15) is 5.75 Å². The summed E-state index contributed by atoms with van der Waals surface area (Å²) in [7, 11) is 2.99. The summed E-state index contributed by atoms with van der Waals surface area (Å²) < 4.78 is 10.3. The van der Waals surface area contributed by atoms with Crippen molar-refractivity contribution in [3.05, 3.63) is 16.7 Å². The Labute approximate surface area is 88.4 Å². The predicted molar refractivity (Wildman–Crippen MR) is 56.1 cm³/mol. The molecular weight excluding hydrogens is 196 g/mol. The van der Waals surface area contributed by atoms with Crippen LogP contribution in [-0.2, 0) is 0 Å². The van der Waals surface area contributed by atoms with Gasteiger partial charge in [0, 0.05) is 11.1 Å². The number of benzene rings is 1.